The van der Waals surface area contributed by atoms with Crippen LogP contribution in [0.5, 0.6) is 0 Å². The van der Waals surface area contributed by atoms with E-state index in [0.29, 0.717) is 0 Å². The van der Waals surface area contributed by atoms with Gasteiger partial charge in [0.15, 0.2) is 0 Å². The smallest absolute Gasteiger partial charge is 0.108 e. The zero-order valence-corrected chi connectivity index (χ0v) is 12.3. The van der Waals surface area contributed by atoms with Crippen LogP contribution in [-0.2, 0) is 12.8 Å². The summed E-state index contributed by atoms with van der Waals surface area (Å²) in [5.41, 5.74) is 3.60. The highest BCUT2D eigenvalue weighted by atomic mass is 14.9. The first-order valence-corrected chi connectivity index (χ1v) is 7.37. The van der Waals surface area contributed by atoms with E-state index in [0.717, 1.165) is 48.7 Å². The lowest BCUT2D eigenvalue weighted by atomic mass is 10.1. The molecule has 0 fully saturated rings. The maximum absolute atomic E-state index is 4.63. The summed E-state index contributed by atoms with van der Waals surface area (Å²) in [6.07, 6.45) is 3.27. The summed E-state index contributed by atoms with van der Waals surface area (Å²) in [5, 5.41) is 3.47. The number of hydrogen-bond donors (Lipinski definition) is 2. The van der Waals surface area contributed by atoms with Gasteiger partial charge in [-0.2, -0.15) is 0 Å². The number of imidazole rings is 1. The van der Waals surface area contributed by atoms with E-state index in [1.165, 1.54) is 12.0 Å². The highest BCUT2D eigenvalue weighted by molar-refractivity contribution is 5.75. The van der Waals surface area contributed by atoms with Crippen molar-refractivity contribution in [2.75, 3.05) is 13.1 Å². The van der Waals surface area contributed by atoms with Crippen LogP contribution in [0.3, 0.4) is 0 Å². The van der Waals surface area contributed by atoms with Crippen LogP contribution in [-0.4, -0.2) is 23.1 Å². The van der Waals surface area contributed by atoms with Crippen molar-refractivity contribution < 1.29 is 0 Å². The molecule has 3 heteroatoms. The monoisotopic (exact) mass is 259 g/mol. The van der Waals surface area contributed by atoms with Gasteiger partial charge >= 0.3 is 0 Å². The molecule has 2 N–H and O–H groups in total. The first-order valence-electron chi connectivity index (χ1n) is 7.37. The summed E-state index contributed by atoms with van der Waals surface area (Å²) in [4.78, 5) is 8.04. The fourth-order valence-electron chi connectivity index (χ4n) is 2.17. The molecule has 0 unspecified atom stereocenters. The first kappa shape index (κ1) is 14.1. The van der Waals surface area contributed by atoms with Gasteiger partial charge in [0.2, 0.25) is 0 Å². The summed E-state index contributed by atoms with van der Waals surface area (Å²) >= 11 is 0. The molecule has 3 nitrogen and oxygen atoms in total. The minimum atomic E-state index is 0.770. The third-order valence-corrected chi connectivity index (χ3v) is 3.44. The van der Waals surface area contributed by atoms with Gasteiger partial charge in [-0.15, -0.1) is 0 Å². The van der Waals surface area contributed by atoms with Gasteiger partial charge in [-0.3, -0.25) is 0 Å². The number of H-pyrrole nitrogens is 1. The molecular weight excluding hydrogens is 234 g/mol. The lowest BCUT2D eigenvalue weighted by Crippen LogP contribution is -2.20. The minimum absolute atomic E-state index is 0.770. The molecule has 0 aliphatic heterocycles. The molecule has 2 rings (SSSR count). The van der Waals surface area contributed by atoms with Gasteiger partial charge in [-0.05, 0) is 43.0 Å². The summed E-state index contributed by atoms with van der Waals surface area (Å²) in [7, 11) is 0. The number of aromatic amines is 1. The van der Waals surface area contributed by atoms with Gasteiger partial charge in [0.1, 0.15) is 5.82 Å². The van der Waals surface area contributed by atoms with Crippen molar-refractivity contribution in [1.82, 2.24) is 15.3 Å². The lowest BCUT2D eigenvalue weighted by Gasteiger charge is -2.05. The van der Waals surface area contributed by atoms with Gasteiger partial charge in [0.25, 0.3) is 0 Å². The molecule has 0 aliphatic carbocycles. The summed E-state index contributed by atoms with van der Waals surface area (Å²) in [6, 6.07) is 6.48. The van der Waals surface area contributed by atoms with Crippen LogP contribution in [0.1, 0.15) is 38.6 Å². The van der Waals surface area contributed by atoms with Crippen LogP contribution in [0.15, 0.2) is 18.2 Å². The van der Waals surface area contributed by atoms with Crippen LogP contribution in [0, 0.1) is 5.92 Å². The van der Waals surface area contributed by atoms with Crippen LogP contribution in [0.2, 0.25) is 0 Å². The minimum Gasteiger partial charge on any atom is -0.342 e. The average molecular weight is 259 g/mol. The quantitative estimate of drug-likeness (QED) is 0.749. The largest absolute Gasteiger partial charge is 0.342 e. The Bertz CT molecular complexity index is 514. The molecular formula is C16H25N3. The molecule has 0 aliphatic rings. The summed E-state index contributed by atoms with van der Waals surface area (Å²) < 4.78 is 0. The Labute approximate surface area is 115 Å². The Kier molecular flexibility index (Phi) is 4.97. The number of nitrogens with one attached hydrogen (secondary N) is 2. The van der Waals surface area contributed by atoms with Crippen molar-refractivity contribution in [3.63, 3.8) is 0 Å². The van der Waals surface area contributed by atoms with Crippen molar-refractivity contribution >= 4 is 11.0 Å². The van der Waals surface area contributed by atoms with Gasteiger partial charge < -0.3 is 10.3 Å². The molecule has 0 amide bonds. The fraction of sp³-hybridized carbons (Fsp3) is 0.562. The Morgan fingerprint density at radius 2 is 2.11 bits per heavy atom. The van der Waals surface area contributed by atoms with E-state index < -0.39 is 0 Å². The average Bonchev–Trinajstić information content (AvgIpc) is 2.79. The molecule has 19 heavy (non-hydrogen) atoms. The number of rotatable bonds is 7. The number of aromatic nitrogens is 2. The normalized spacial score (nSPS) is 11.6. The number of nitrogens with zero attached hydrogens (tertiary/aromatic N) is 1. The molecule has 0 atom stereocenters. The van der Waals surface area contributed by atoms with Crippen LogP contribution >= 0.6 is 0 Å². The standard InChI is InChI=1S/C16H25N3/c1-4-13-5-6-14-15(11-13)19-16(18-14)8-10-17-9-7-12(2)3/h5-6,11-12,17H,4,7-10H2,1-3H3,(H,18,19). The van der Waals surface area contributed by atoms with Crippen LogP contribution < -0.4 is 5.32 Å². The van der Waals surface area contributed by atoms with Gasteiger partial charge in [0.05, 0.1) is 11.0 Å². The molecule has 0 saturated carbocycles. The second kappa shape index (κ2) is 6.71. The number of hydrogen-bond acceptors (Lipinski definition) is 2. The maximum atomic E-state index is 4.63. The molecule has 1 aromatic heterocycles. The second-order valence-electron chi connectivity index (χ2n) is 5.57. The molecule has 1 aromatic carbocycles. The van der Waals surface area contributed by atoms with E-state index in [1.54, 1.807) is 0 Å². The molecule has 0 saturated heterocycles. The Balaban J connectivity index is 1.87. The molecule has 0 spiro atoms. The van der Waals surface area contributed by atoms with E-state index in [4.69, 9.17) is 0 Å². The number of fused-ring (bicyclic) bond motifs is 1. The highest BCUT2D eigenvalue weighted by Crippen LogP contribution is 2.14. The topological polar surface area (TPSA) is 40.7 Å². The van der Waals surface area contributed by atoms with Gasteiger partial charge in [-0.25, -0.2) is 4.98 Å². The van der Waals surface area contributed by atoms with Crippen molar-refractivity contribution in [2.24, 2.45) is 5.92 Å². The molecule has 2 aromatic rings. The summed E-state index contributed by atoms with van der Waals surface area (Å²) in [6.45, 7) is 8.78. The maximum Gasteiger partial charge on any atom is 0.108 e. The van der Waals surface area contributed by atoms with E-state index >= 15 is 0 Å². The van der Waals surface area contributed by atoms with Crippen molar-refractivity contribution in [2.45, 2.75) is 40.0 Å². The Morgan fingerprint density at radius 1 is 1.26 bits per heavy atom. The molecule has 0 radical (unpaired) electrons. The number of benzene rings is 1. The molecule has 104 valence electrons. The van der Waals surface area contributed by atoms with E-state index in [-0.39, 0.29) is 0 Å². The zero-order valence-electron chi connectivity index (χ0n) is 12.3. The first-order chi connectivity index (χ1) is 9.19. The van der Waals surface area contributed by atoms with E-state index in [9.17, 15) is 0 Å². The van der Waals surface area contributed by atoms with Gasteiger partial charge in [0, 0.05) is 13.0 Å². The van der Waals surface area contributed by atoms with Crippen molar-refractivity contribution in [1.29, 1.82) is 0 Å². The van der Waals surface area contributed by atoms with Crippen LogP contribution in [0.25, 0.3) is 11.0 Å². The lowest BCUT2D eigenvalue weighted by molar-refractivity contribution is 0.537. The predicted molar refractivity (Wildman–Crippen MR) is 81.5 cm³/mol. The Hall–Kier alpha value is -1.35. The van der Waals surface area contributed by atoms with Crippen LogP contribution in [0.4, 0.5) is 0 Å². The van der Waals surface area contributed by atoms with E-state index in [2.05, 4.69) is 54.3 Å². The second-order valence-corrected chi connectivity index (χ2v) is 5.57. The summed E-state index contributed by atoms with van der Waals surface area (Å²) in [5.74, 6) is 1.85. The highest BCUT2D eigenvalue weighted by Gasteiger charge is 2.03. The fourth-order valence-corrected chi connectivity index (χ4v) is 2.17. The van der Waals surface area contributed by atoms with Crippen molar-refractivity contribution in [3.8, 4) is 0 Å². The SMILES string of the molecule is CCc1ccc2nc(CCNCCC(C)C)[nH]c2c1. The number of aryl methyl sites for hydroxylation is 1. The van der Waals surface area contributed by atoms with Crippen molar-refractivity contribution in [3.05, 3.63) is 29.6 Å². The Morgan fingerprint density at radius 3 is 2.84 bits per heavy atom. The third kappa shape index (κ3) is 4.06. The molecule has 1 heterocycles. The third-order valence-electron chi connectivity index (χ3n) is 3.44. The van der Waals surface area contributed by atoms with Gasteiger partial charge in [-0.1, -0.05) is 26.8 Å². The zero-order chi connectivity index (χ0) is 13.7. The predicted octanol–water partition coefficient (Wildman–Crippen LogP) is 3.30. The molecule has 0 bridgehead atoms. The van der Waals surface area contributed by atoms with E-state index in [1.807, 2.05) is 0 Å².